The number of aldehydes is 1. The van der Waals surface area contributed by atoms with Crippen LogP contribution in [0.25, 0.3) is 0 Å². The minimum atomic E-state index is -0.707. The molecule has 0 aromatic carbocycles. The molecule has 1 N–H and O–H groups in total. The van der Waals surface area contributed by atoms with Crippen LogP contribution in [0.1, 0.15) is 18.1 Å². The molecule has 80 valence electrons. The molecule has 0 radical (unpaired) electrons. The predicted octanol–water partition coefficient (Wildman–Crippen LogP) is 1.27. The average molecular weight is 227 g/mol. The molecule has 1 aromatic heterocycles. The van der Waals surface area contributed by atoms with Crippen LogP contribution in [0.4, 0.5) is 0 Å². The van der Waals surface area contributed by atoms with Crippen molar-refractivity contribution >= 4 is 23.8 Å². The van der Waals surface area contributed by atoms with E-state index in [1.165, 1.54) is 6.92 Å². The van der Waals surface area contributed by atoms with Gasteiger partial charge < -0.3 is 10.1 Å². The second-order valence-electron chi connectivity index (χ2n) is 3.05. The van der Waals surface area contributed by atoms with Crippen molar-refractivity contribution in [3.63, 3.8) is 0 Å². The lowest BCUT2D eigenvalue weighted by atomic mass is 10.2. The Morgan fingerprint density at radius 2 is 2.33 bits per heavy atom. The number of halogens is 1. The molecular formula is C10H11ClN2O2. The number of alkyl halides is 1. The van der Waals surface area contributed by atoms with E-state index in [0.29, 0.717) is 12.0 Å². The van der Waals surface area contributed by atoms with Crippen molar-refractivity contribution in [2.24, 2.45) is 5.92 Å². The van der Waals surface area contributed by atoms with Crippen LogP contribution < -0.4 is 5.32 Å². The first-order valence-corrected chi connectivity index (χ1v) is 4.89. The molecule has 0 bridgehead atoms. The number of nitrogens with one attached hydrogen (secondary N) is 1. The Kier molecular flexibility index (Phi) is 4.24. The highest BCUT2D eigenvalue weighted by atomic mass is 35.5. The number of amides is 1. The molecule has 4 nitrogen and oxygen atoms in total. The maximum atomic E-state index is 11.3. The van der Waals surface area contributed by atoms with E-state index in [1.54, 1.807) is 24.4 Å². The van der Waals surface area contributed by atoms with Gasteiger partial charge in [0, 0.05) is 6.20 Å². The van der Waals surface area contributed by atoms with Crippen LogP contribution in [0.2, 0.25) is 0 Å². The molecule has 2 unspecified atom stereocenters. The average Bonchev–Trinajstić information content (AvgIpc) is 2.29. The third-order valence-corrected chi connectivity index (χ3v) is 2.17. The molecule has 0 aliphatic rings. The summed E-state index contributed by atoms with van der Waals surface area (Å²) in [7, 11) is 0. The molecule has 0 aliphatic heterocycles. The maximum absolute atomic E-state index is 11.3. The summed E-state index contributed by atoms with van der Waals surface area (Å²) in [6.07, 6.45) is 2.15. The molecule has 0 spiro atoms. The Morgan fingerprint density at radius 1 is 1.60 bits per heavy atom. The lowest BCUT2D eigenvalue weighted by Crippen LogP contribution is -2.31. The van der Waals surface area contributed by atoms with Gasteiger partial charge >= 0.3 is 0 Å². The van der Waals surface area contributed by atoms with Crippen molar-refractivity contribution in [2.75, 3.05) is 0 Å². The zero-order valence-electron chi connectivity index (χ0n) is 8.18. The van der Waals surface area contributed by atoms with E-state index in [4.69, 9.17) is 11.6 Å². The minimum absolute atomic E-state index is 0.407. The van der Waals surface area contributed by atoms with E-state index in [0.717, 1.165) is 0 Å². The number of nitrogens with zero attached hydrogens (tertiary/aromatic N) is 1. The van der Waals surface area contributed by atoms with E-state index in [9.17, 15) is 9.59 Å². The molecule has 1 amide bonds. The number of carbonyl (C=O) groups is 2. The minimum Gasteiger partial charge on any atom is -0.334 e. The van der Waals surface area contributed by atoms with Gasteiger partial charge in [-0.3, -0.25) is 9.78 Å². The summed E-state index contributed by atoms with van der Waals surface area (Å²) in [5.74, 6) is -1.11. The Bertz CT molecular complexity index is 343. The Hall–Kier alpha value is -1.42. The van der Waals surface area contributed by atoms with Crippen LogP contribution >= 0.6 is 11.6 Å². The fourth-order valence-corrected chi connectivity index (χ4v) is 1.15. The summed E-state index contributed by atoms with van der Waals surface area (Å²) in [5, 5.41) is 2.48. The van der Waals surface area contributed by atoms with Gasteiger partial charge in [-0.2, -0.15) is 0 Å². The third kappa shape index (κ3) is 3.32. The van der Waals surface area contributed by atoms with Crippen LogP contribution in [0, 0.1) is 5.92 Å². The summed E-state index contributed by atoms with van der Waals surface area (Å²) in [6, 6.07) is 5.22. The van der Waals surface area contributed by atoms with Crippen molar-refractivity contribution in [3.05, 3.63) is 30.1 Å². The highest BCUT2D eigenvalue weighted by molar-refractivity contribution is 6.21. The largest absolute Gasteiger partial charge is 0.334 e. The molecule has 1 aromatic rings. The number of hydrogen-bond donors (Lipinski definition) is 1. The fourth-order valence-electron chi connectivity index (χ4n) is 0.918. The van der Waals surface area contributed by atoms with E-state index in [-0.39, 0.29) is 0 Å². The summed E-state index contributed by atoms with van der Waals surface area (Å²) in [4.78, 5) is 25.6. The fraction of sp³-hybridized carbons (Fsp3) is 0.300. The molecule has 0 saturated heterocycles. The molecule has 15 heavy (non-hydrogen) atoms. The van der Waals surface area contributed by atoms with Gasteiger partial charge in [0.05, 0.1) is 11.6 Å². The highest BCUT2D eigenvalue weighted by Crippen LogP contribution is 2.14. The quantitative estimate of drug-likeness (QED) is 0.364. The molecule has 5 heteroatoms. The summed E-state index contributed by atoms with van der Waals surface area (Å²) >= 11 is 5.89. The SMILES string of the molecule is CC(C=O)C(=O)NC(Cl)c1ccccn1. The number of aromatic nitrogens is 1. The van der Waals surface area contributed by atoms with Crippen LogP contribution in [0.15, 0.2) is 24.4 Å². The van der Waals surface area contributed by atoms with Gasteiger partial charge in [0.2, 0.25) is 5.91 Å². The van der Waals surface area contributed by atoms with Crippen molar-refractivity contribution in [1.29, 1.82) is 0 Å². The van der Waals surface area contributed by atoms with Crippen molar-refractivity contribution in [3.8, 4) is 0 Å². The van der Waals surface area contributed by atoms with Gasteiger partial charge in [0.1, 0.15) is 11.8 Å². The molecule has 0 saturated carbocycles. The van der Waals surface area contributed by atoms with Crippen molar-refractivity contribution in [1.82, 2.24) is 10.3 Å². The first-order chi connectivity index (χ1) is 7.15. The predicted molar refractivity (Wildman–Crippen MR) is 56.2 cm³/mol. The van der Waals surface area contributed by atoms with Gasteiger partial charge in [-0.05, 0) is 19.1 Å². The van der Waals surface area contributed by atoms with E-state index in [2.05, 4.69) is 10.3 Å². The van der Waals surface area contributed by atoms with Gasteiger partial charge in [-0.1, -0.05) is 17.7 Å². The molecule has 1 heterocycles. The van der Waals surface area contributed by atoms with Crippen LogP contribution in [0.3, 0.4) is 0 Å². The second kappa shape index (κ2) is 5.46. The smallest absolute Gasteiger partial charge is 0.231 e. The highest BCUT2D eigenvalue weighted by Gasteiger charge is 2.16. The van der Waals surface area contributed by atoms with E-state index < -0.39 is 17.3 Å². The summed E-state index contributed by atoms with van der Waals surface area (Å²) in [5.41, 5.74) is -0.160. The number of pyridine rings is 1. The second-order valence-corrected chi connectivity index (χ2v) is 3.49. The third-order valence-electron chi connectivity index (χ3n) is 1.83. The van der Waals surface area contributed by atoms with Crippen molar-refractivity contribution in [2.45, 2.75) is 12.4 Å². The van der Waals surface area contributed by atoms with Gasteiger partial charge in [-0.15, -0.1) is 0 Å². The monoisotopic (exact) mass is 226 g/mol. The molecule has 1 rings (SSSR count). The first kappa shape index (κ1) is 11.7. The van der Waals surface area contributed by atoms with Crippen LogP contribution in [-0.2, 0) is 9.59 Å². The maximum Gasteiger partial charge on any atom is 0.231 e. The van der Waals surface area contributed by atoms with Gasteiger partial charge in [0.25, 0.3) is 0 Å². The lowest BCUT2D eigenvalue weighted by molar-refractivity contribution is -0.128. The van der Waals surface area contributed by atoms with E-state index >= 15 is 0 Å². The Balaban J connectivity index is 2.60. The molecule has 0 aliphatic carbocycles. The molecule has 2 atom stereocenters. The number of hydrogen-bond acceptors (Lipinski definition) is 3. The molecular weight excluding hydrogens is 216 g/mol. The van der Waals surface area contributed by atoms with Crippen LogP contribution in [0.5, 0.6) is 0 Å². The topological polar surface area (TPSA) is 59.1 Å². The van der Waals surface area contributed by atoms with Gasteiger partial charge in [-0.25, -0.2) is 0 Å². The Labute approximate surface area is 92.7 Å². The zero-order chi connectivity index (χ0) is 11.3. The normalized spacial score (nSPS) is 14.0. The first-order valence-electron chi connectivity index (χ1n) is 4.46. The standard InChI is InChI=1S/C10H11ClN2O2/c1-7(6-14)10(15)13-9(11)8-4-2-3-5-12-8/h2-7,9H,1H3,(H,13,15). The lowest BCUT2D eigenvalue weighted by Gasteiger charge is -2.12. The molecule has 0 fully saturated rings. The number of rotatable bonds is 4. The van der Waals surface area contributed by atoms with Gasteiger partial charge in [0.15, 0.2) is 0 Å². The zero-order valence-corrected chi connectivity index (χ0v) is 8.94. The number of carbonyl (C=O) groups excluding carboxylic acids is 2. The Morgan fingerprint density at radius 3 is 2.87 bits per heavy atom. The summed E-state index contributed by atoms with van der Waals surface area (Å²) < 4.78 is 0. The summed E-state index contributed by atoms with van der Waals surface area (Å²) in [6.45, 7) is 1.50. The van der Waals surface area contributed by atoms with Crippen molar-refractivity contribution < 1.29 is 9.59 Å². The van der Waals surface area contributed by atoms with E-state index in [1.807, 2.05) is 0 Å². The van der Waals surface area contributed by atoms with Crippen LogP contribution in [-0.4, -0.2) is 17.2 Å².